The predicted octanol–water partition coefficient (Wildman–Crippen LogP) is 2.06. The highest BCUT2D eigenvalue weighted by atomic mass is 16.3. The Labute approximate surface area is 104 Å². The molecule has 0 aliphatic heterocycles. The third-order valence-electron chi connectivity index (χ3n) is 3.07. The van der Waals surface area contributed by atoms with Crippen LogP contribution in [0, 0.1) is 0 Å². The van der Waals surface area contributed by atoms with E-state index in [9.17, 15) is 5.11 Å². The summed E-state index contributed by atoms with van der Waals surface area (Å²) in [5.41, 5.74) is 1.10. The highest BCUT2D eigenvalue weighted by Gasteiger charge is 2.07. The summed E-state index contributed by atoms with van der Waals surface area (Å²) < 4.78 is 2.03. The smallest absolute Gasteiger partial charge is 0.0764 e. The molecule has 0 aromatic carbocycles. The molecule has 98 valence electrons. The number of rotatable bonds is 7. The van der Waals surface area contributed by atoms with Crippen molar-refractivity contribution < 1.29 is 5.11 Å². The Morgan fingerprint density at radius 3 is 2.76 bits per heavy atom. The Morgan fingerprint density at radius 1 is 1.47 bits per heavy atom. The summed E-state index contributed by atoms with van der Waals surface area (Å²) in [6, 6.07) is 2.54. The molecule has 1 rings (SSSR count). The third kappa shape index (κ3) is 4.88. The van der Waals surface area contributed by atoms with Crippen molar-refractivity contribution in [3.63, 3.8) is 0 Å². The van der Waals surface area contributed by atoms with E-state index in [4.69, 9.17) is 0 Å². The minimum atomic E-state index is -0.227. The number of hydrogen-bond acceptors (Lipinski definition) is 3. The van der Waals surface area contributed by atoms with E-state index in [-0.39, 0.29) is 6.10 Å². The fourth-order valence-corrected chi connectivity index (χ4v) is 1.66. The lowest BCUT2D eigenvalue weighted by Gasteiger charge is -2.16. The van der Waals surface area contributed by atoms with E-state index in [2.05, 4.69) is 37.0 Å². The van der Waals surface area contributed by atoms with Crippen LogP contribution in [0.4, 0.5) is 0 Å². The predicted molar refractivity (Wildman–Crippen MR) is 69.9 cm³/mol. The van der Waals surface area contributed by atoms with Gasteiger partial charge in [-0.15, -0.1) is 0 Å². The second-order valence-electron chi connectivity index (χ2n) is 4.92. The Morgan fingerprint density at radius 2 is 2.18 bits per heavy atom. The standard InChI is InChI=1S/C13H25N3O/c1-5-11(2)16-9-7-13(14-16)10-15(4)8-6-12(3)17/h7,9,11-12,17H,5-6,8,10H2,1-4H3. The van der Waals surface area contributed by atoms with Gasteiger partial charge >= 0.3 is 0 Å². The van der Waals surface area contributed by atoms with Crippen molar-refractivity contribution in [2.24, 2.45) is 0 Å². The van der Waals surface area contributed by atoms with Crippen LogP contribution in [-0.4, -0.2) is 39.5 Å². The van der Waals surface area contributed by atoms with E-state index >= 15 is 0 Å². The van der Waals surface area contributed by atoms with E-state index in [1.54, 1.807) is 0 Å². The molecule has 0 aliphatic rings. The van der Waals surface area contributed by atoms with Crippen molar-refractivity contribution >= 4 is 0 Å². The van der Waals surface area contributed by atoms with Crippen LogP contribution in [0.3, 0.4) is 0 Å². The molecular formula is C13H25N3O. The molecule has 0 saturated carbocycles. The molecule has 0 amide bonds. The molecule has 4 heteroatoms. The minimum absolute atomic E-state index is 0.227. The van der Waals surface area contributed by atoms with Gasteiger partial charge in [0.2, 0.25) is 0 Å². The van der Waals surface area contributed by atoms with Crippen LogP contribution in [0.2, 0.25) is 0 Å². The fourth-order valence-electron chi connectivity index (χ4n) is 1.66. The number of aliphatic hydroxyl groups is 1. The lowest BCUT2D eigenvalue weighted by atomic mass is 10.2. The Hall–Kier alpha value is -0.870. The molecule has 0 saturated heterocycles. The molecule has 1 aromatic heterocycles. The van der Waals surface area contributed by atoms with Gasteiger partial charge in [0, 0.05) is 25.3 Å². The van der Waals surface area contributed by atoms with Crippen LogP contribution in [-0.2, 0) is 6.54 Å². The first-order chi connectivity index (χ1) is 8.02. The monoisotopic (exact) mass is 239 g/mol. The van der Waals surface area contributed by atoms with Gasteiger partial charge in [-0.25, -0.2) is 0 Å². The normalized spacial score (nSPS) is 15.2. The topological polar surface area (TPSA) is 41.3 Å². The van der Waals surface area contributed by atoms with Gasteiger partial charge in [-0.2, -0.15) is 5.10 Å². The zero-order chi connectivity index (χ0) is 12.8. The van der Waals surface area contributed by atoms with Crippen LogP contribution in [0.15, 0.2) is 12.3 Å². The molecule has 0 radical (unpaired) electrons. The molecule has 0 fully saturated rings. The molecule has 4 nitrogen and oxygen atoms in total. The van der Waals surface area contributed by atoms with Crippen LogP contribution in [0.5, 0.6) is 0 Å². The van der Waals surface area contributed by atoms with E-state index in [0.717, 1.165) is 31.6 Å². The number of nitrogens with zero attached hydrogens (tertiary/aromatic N) is 3. The maximum atomic E-state index is 9.23. The van der Waals surface area contributed by atoms with Gasteiger partial charge in [0.05, 0.1) is 11.8 Å². The lowest BCUT2D eigenvalue weighted by molar-refractivity contribution is 0.162. The first-order valence-electron chi connectivity index (χ1n) is 6.43. The van der Waals surface area contributed by atoms with Crippen LogP contribution < -0.4 is 0 Å². The summed E-state index contributed by atoms with van der Waals surface area (Å²) >= 11 is 0. The van der Waals surface area contributed by atoms with Crippen LogP contribution in [0.1, 0.15) is 45.3 Å². The molecule has 2 unspecified atom stereocenters. The van der Waals surface area contributed by atoms with E-state index in [0.29, 0.717) is 6.04 Å². The second kappa shape index (κ2) is 6.77. The maximum absolute atomic E-state index is 9.23. The van der Waals surface area contributed by atoms with E-state index in [1.165, 1.54) is 0 Å². The summed E-state index contributed by atoms with van der Waals surface area (Å²) in [4.78, 5) is 2.19. The van der Waals surface area contributed by atoms with Gasteiger partial charge in [0.25, 0.3) is 0 Å². The molecule has 0 aliphatic carbocycles. The lowest BCUT2D eigenvalue weighted by Crippen LogP contribution is -2.22. The first-order valence-corrected chi connectivity index (χ1v) is 6.43. The Balaban J connectivity index is 2.43. The third-order valence-corrected chi connectivity index (χ3v) is 3.07. The largest absolute Gasteiger partial charge is 0.393 e. The summed E-state index contributed by atoms with van der Waals surface area (Å²) in [6.45, 7) is 7.91. The molecule has 0 bridgehead atoms. The van der Waals surface area contributed by atoms with Crippen LogP contribution in [0.25, 0.3) is 0 Å². The quantitative estimate of drug-likeness (QED) is 0.792. The zero-order valence-corrected chi connectivity index (χ0v) is 11.4. The van der Waals surface area contributed by atoms with E-state index < -0.39 is 0 Å². The zero-order valence-electron chi connectivity index (χ0n) is 11.4. The van der Waals surface area contributed by atoms with Crippen molar-refractivity contribution in [1.29, 1.82) is 0 Å². The summed E-state index contributed by atoms with van der Waals surface area (Å²) in [6.07, 6.45) is 3.73. The van der Waals surface area contributed by atoms with Crippen molar-refractivity contribution in [3.05, 3.63) is 18.0 Å². The van der Waals surface area contributed by atoms with Crippen molar-refractivity contribution in [2.75, 3.05) is 13.6 Å². The van der Waals surface area contributed by atoms with Gasteiger partial charge in [0.1, 0.15) is 0 Å². The fraction of sp³-hybridized carbons (Fsp3) is 0.769. The SMILES string of the molecule is CCC(C)n1ccc(CN(C)CCC(C)O)n1. The average Bonchev–Trinajstić information content (AvgIpc) is 2.73. The molecule has 2 atom stereocenters. The maximum Gasteiger partial charge on any atom is 0.0764 e. The molecule has 17 heavy (non-hydrogen) atoms. The van der Waals surface area contributed by atoms with Crippen molar-refractivity contribution in [2.45, 2.75) is 52.3 Å². The minimum Gasteiger partial charge on any atom is -0.393 e. The Kier molecular flexibility index (Phi) is 5.65. The average molecular weight is 239 g/mol. The van der Waals surface area contributed by atoms with Crippen LogP contribution >= 0.6 is 0 Å². The van der Waals surface area contributed by atoms with Gasteiger partial charge in [0.15, 0.2) is 0 Å². The second-order valence-corrected chi connectivity index (χ2v) is 4.92. The first kappa shape index (κ1) is 14.2. The molecule has 0 spiro atoms. The number of aliphatic hydroxyl groups excluding tert-OH is 1. The molecule has 1 aromatic rings. The molecule has 1 heterocycles. The summed E-state index contributed by atoms with van der Waals surface area (Å²) in [5.74, 6) is 0. The van der Waals surface area contributed by atoms with E-state index in [1.807, 2.05) is 17.8 Å². The van der Waals surface area contributed by atoms with Gasteiger partial charge in [-0.05, 0) is 39.8 Å². The number of aromatic nitrogens is 2. The molecular weight excluding hydrogens is 214 g/mol. The molecule has 1 N–H and O–H groups in total. The summed E-state index contributed by atoms with van der Waals surface area (Å²) in [7, 11) is 2.06. The summed E-state index contributed by atoms with van der Waals surface area (Å²) in [5, 5.41) is 13.8. The highest BCUT2D eigenvalue weighted by Crippen LogP contribution is 2.10. The van der Waals surface area contributed by atoms with Crippen molar-refractivity contribution in [1.82, 2.24) is 14.7 Å². The highest BCUT2D eigenvalue weighted by molar-refractivity contribution is 4.99. The van der Waals surface area contributed by atoms with Gasteiger partial charge in [-0.1, -0.05) is 6.92 Å². The number of hydrogen-bond donors (Lipinski definition) is 1. The van der Waals surface area contributed by atoms with Gasteiger partial charge in [-0.3, -0.25) is 4.68 Å². The Bertz CT molecular complexity index is 322. The van der Waals surface area contributed by atoms with Crippen molar-refractivity contribution in [3.8, 4) is 0 Å². The van der Waals surface area contributed by atoms with Gasteiger partial charge < -0.3 is 10.0 Å².